The van der Waals surface area contributed by atoms with E-state index in [1.165, 1.54) is 0 Å². The predicted octanol–water partition coefficient (Wildman–Crippen LogP) is 2.60. The van der Waals surface area contributed by atoms with Crippen molar-refractivity contribution < 1.29 is 4.39 Å². The Morgan fingerprint density at radius 2 is 2.29 bits per heavy atom. The maximum absolute atomic E-state index is 13.6. The summed E-state index contributed by atoms with van der Waals surface area (Å²) in [5, 5.41) is 3.32. The van der Waals surface area contributed by atoms with Crippen molar-refractivity contribution in [3.63, 3.8) is 0 Å². The van der Waals surface area contributed by atoms with E-state index >= 15 is 0 Å². The van der Waals surface area contributed by atoms with Crippen LogP contribution in [0.15, 0.2) is 18.2 Å². The summed E-state index contributed by atoms with van der Waals surface area (Å²) < 4.78 is 13.6. The maximum Gasteiger partial charge on any atom is 0.126 e. The Labute approximate surface area is 84.3 Å². The monoisotopic (exact) mass is 193 g/mol. The fourth-order valence-electron chi connectivity index (χ4n) is 2.26. The minimum atomic E-state index is -0.0429. The molecule has 1 aliphatic heterocycles. The van der Waals surface area contributed by atoms with Gasteiger partial charge in [0.25, 0.3) is 0 Å². The predicted molar refractivity (Wildman–Crippen MR) is 56.0 cm³/mol. The van der Waals surface area contributed by atoms with Crippen molar-refractivity contribution >= 4 is 0 Å². The molecule has 1 N–H and O–H groups in total. The molecule has 1 heterocycles. The lowest BCUT2D eigenvalue weighted by Gasteiger charge is -2.24. The zero-order valence-electron chi connectivity index (χ0n) is 8.52. The number of nitrogens with one attached hydrogen (secondary N) is 1. The Bertz CT molecular complexity index is 296. The molecule has 1 aliphatic rings. The third kappa shape index (κ3) is 1.80. The van der Waals surface area contributed by atoms with Crippen LogP contribution < -0.4 is 5.32 Å². The summed E-state index contributed by atoms with van der Waals surface area (Å²) >= 11 is 0. The average Bonchev–Trinajstić information content (AvgIpc) is 2.19. The fourth-order valence-corrected chi connectivity index (χ4v) is 2.26. The molecule has 0 amide bonds. The van der Waals surface area contributed by atoms with Crippen LogP contribution in [0.1, 0.15) is 29.9 Å². The van der Waals surface area contributed by atoms with Gasteiger partial charge in [-0.25, -0.2) is 4.39 Å². The zero-order chi connectivity index (χ0) is 9.97. The molecular weight excluding hydrogens is 177 g/mol. The topological polar surface area (TPSA) is 12.0 Å². The van der Waals surface area contributed by atoms with Gasteiger partial charge in [-0.1, -0.05) is 12.1 Å². The van der Waals surface area contributed by atoms with Crippen LogP contribution in [-0.4, -0.2) is 13.1 Å². The van der Waals surface area contributed by atoms with Gasteiger partial charge in [-0.05, 0) is 49.4 Å². The summed E-state index contributed by atoms with van der Waals surface area (Å²) in [5.41, 5.74) is 2.00. The lowest BCUT2D eigenvalue weighted by Crippen LogP contribution is -2.29. The van der Waals surface area contributed by atoms with E-state index in [2.05, 4.69) is 5.32 Å². The van der Waals surface area contributed by atoms with Crippen molar-refractivity contribution in [2.75, 3.05) is 13.1 Å². The van der Waals surface area contributed by atoms with Gasteiger partial charge in [0.15, 0.2) is 0 Å². The third-order valence-corrected chi connectivity index (χ3v) is 2.98. The second kappa shape index (κ2) is 4.09. The highest BCUT2D eigenvalue weighted by Crippen LogP contribution is 2.28. The molecule has 76 valence electrons. The van der Waals surface area contributed by atoms with E-state index in [1.807, 2.05) is 13.0 Å². The first kappa shape index (κ1) is 9.66. The molecule has 2 rings (SSSR count). The Morgan fingerprint density at radius 1 is 1.43 bits per heavy atom. The first-order valence-corrected chi connectivity index (χ1v) is 5.25. The van der Waals surface area contributed by atoms with Crippen LogP contribution in [0.25, 0.3) is 0 Å². The molecule has 0 bridgehead atoms. The maximum atomic E-state index is 13.6. The Balaban J connectivity index is 2.29. The Hall–Kier alpha value is -0.890. The molecule has 1 nitrogen and oxygen atoms in total. The largest absolute Gasteiger partial charge is 0.316 e. The van der Waals surface area contributed by atoms with E-state index in [0.29, 0.717) is 5.92 Å². The molecule has 0 aliphatic carbocycles. The summed E-state index contributed by atoms with van der Waals surface area (Å²) in [6.07, 6.45) is 2.26. The van der Waals surface area contributed by atoms with Crippen molar-refractivity contribution in [1.82, 2.24) is 5.32 Å². The van der Waals surface area contributed by atoms with E-state index < -0.39 is 0 Å². The van der Waals surface area contributed by atoms with Crippen LogP contribution >= 0.6 is 0 Å². The summed E-state index contributed by atoms with van der Waals surface area (Å²) in [6, 6.07) is 5.34. The van der Waals surface area contributed by atoms with Crippen molar-refractivity contribution in [3.8, 4) is 0 Å². The quantitative estimate of drug-likeness (QED) is 0.723. The number of piperidine rings is 1. The SMILES string of the molecule is Cc1cccc(F)c1C1CCCNC1. The molecular formula is C12H16FN. The van der Waals surface area contributed by atoms with Crippen LogP contribution in [0.3, 0.4) is 0 Å². The summed E-state index contributed by atoms with van der Waals surface area (Å²) in [5.74, 6) is 0.323. The van der Waals surface area contributed by atoms with E-state index in [0.717, 1.165) is 37.1 Å². The van der Waals surface area contributed by atoms with Crippen molar-refractivity contribution in [2.24, 2.45) is 0 Å². The molecule has 1 aromatic carbocycles. The van der Waals surface area contributed by atoms with Crippen LogP contribution in [0.2, 0.25) is 0 Å². The molecule has 0 aromatic heterocycles. The van der Waals surface area contributed by atoms with E-state index in [1.54, 1.807) is 12.1 Å². The smallest absolute Gasteiger partial charge is 0.126 e. The number of hydrogen-bond acceptors (Lipinski definition) is 1. The highest BCUT2D eigenvalue weighted by Gasteiger charge is 2.19. The fraction of sp³-hybridized carbons (Fsp3) is 0.500. The summed E-state index contributed by atoms with van der Waals surface area (Å²) in [6.45, 7) is 3.98. The van der Waals surface area contributed by atoms with Crippen LogP contribution in [0.5, 0.6) is 0 Å². The second-order valence-electron chi connectivity index (χ2n) is 4.01. The molecule has 0 saturated carbocycles. The summed E-state index contributed by atoms with van der Waals surface area (Å²) in [4.78, 5) is 0. The van der Waals surface area contributed by atoms with Crippen molar-refractivity contribution in [1.29, 1.82) is 0 Å². The van der Waals surface area contributed by atoms with Crippen molar-refractivity contribution in [2.45, 2.75) is 25.7 Å². The van der Waals surface area contributed by atoms with Gasteiger partial charge in [-0.15, -0.1) is 0 Å². The molecule has 1 aromatic rings. The lowest BCUT2D eigenvalue weighted by atomic mass is 9.88. The minimum Gasteiger partial charge on any atom is -0.316 e. The molecule has 1 saturated heterocycles. The average molecular weight is 193 g/mol. The van der Waals surface area contributed by atoms with Gasteiger partial charge in [0.1, 0.15) is 5.82 Å². The van der Waals surface area contributed by atoms with Gasteiger partial charge >= 0.3 is 0 Å². The molecule has 14 heavy (non-hydrogen) atoms. The van der Waals surface area contributed by atoms with Gasteiger partial charge in [-0.3, -0.25) is 0 Å². The van der Waals surface area contributed by atoms with Crippen LogP contribution in [0, 0.1) is 12.7 Å². The normalized spacial score (nSPS) is 22.3. The highest BCUT2D eigenvalue weighted by molar-refractivity contribution is 5.31. The van der Waals surface area contributed by atoms with E-state index in [9.17, 15) is 4.39 Å². The lowest BCUT2D eigenvalue weighted by molar-refractivity contribution is 0.445. The molecule has 2 heteroatoms. The van der Waals surface area contributed by atoms with Gasteiger partial charge in [0.2, 0.25) is 0 Å². The number of halogens is 1. The molecule has 0 spiro atoms. The first-order chi connectivity index (χ1) is 6.79. The number of rotatable bonds is 1. The number of aryl methyl sites for hydroxylation is 1. The second-order valence-corrected chi connectivity index (χ2v) is 4.01. The molecule has 1 unspecified atom stereocenters. The van der Waals surface area contributed by atoms with Crippen LogP contribution in [0.4, 0.5) is 4.39 Å². The van der Waals surface area contributed by atoms with Gasteiger partial charge in [-0.2, -0.15) is 0 Å². The standard InChI is InChI=1S/C12H16FN/c1-9-4-2-6-11(13)12(9)10-5-3-7-14-8-10/h2,4,6,10,14H,3,5,7-8H2,1H3. The van der Waals surface area contributed by atoms with Crippen molar-refractivity contribution in [3.05, 3.63) is 35.1 Å². The molecule has 0 radical (unpaired) electrons. The minimum absolute atomic E-state index is 0.0429. The van der Waals surface area contributed by atoms with Gasteiger partial charge < -0.3 is 5.32 Å². The highest BCUT2D eigenvalue weighted by atomic mass is 19.1. The van der Waals surface area contributed by atoms with E-state index in [4.69, 9.17) is 0 Å². The zero-order valence-corrected chi connectivity index (χ0v) is 8.52. The van der Waals surface area contributed by atoms with E-state index in [-0.39, 0.29) is 5.82 Å². The van der Waals surface area contributed by atoms with Gasteiger partial charge in [0.05, 0.1) is 0 Å². The summed E-state index contributed by atoms with van der Waals surface area (Å²) in [7, 11) is 0. The number of hydrogen-bond donors (Lipinski definition) is 1. The first-order valence-electron chi connectivity index (χ1n) is 5.25. The third-order valence-electron chi connectivity index (χ3n) is 2.98. The molecule has 1 atom stereocenters. The van der Waals surface area contributed by atoms with Crippen LogP contribution in [-0.2, 0) is 0 Å². The Kier molecular flexibility index (Phi) is 2.82. The van der Waals surface area contributed by atoms with Gasteiger partial charge in [0, 0.05) is 6.54 Å². The molecule has 1 fully saturated rings. The Morgan fingerprint density at radius 3 is 2.93 bits per heavy atom. The number of benzene rings is 1.